The molecule has 0 radical (unpaired) electrons. The molecule has 0 saturated heterocycles. The van der Waals surface area contributed by atoms with Crippen LogP contribution in [0.4, 0.5) is 5.00 Å². The molecular formula is C23H22BrNO5S. The smallest absolute Gasteiger partial charge is 0.341 e. The molecule has 0 saturated carbocycles. The number of anilines is 1. The van der Waals surface area contributed by atoms with Crippen molar-refractivity contribution in [3.05, 3.63) is 63.9 Å². The minimum Gasteiger partial charge on any atom is -0.494 e. The molecule has 1 N–H and O–H groups in total. The van der Waals surface area contributed by atoms with Gasteiger partial charge in [0.05, 0.1) is 17.7 Å². The van der Waals surface area contributed by atoms with Gasteiger partial charge in [0.15, 0.2) is 6.61 Å². The Morgan fingerprint density at radius 1 is 1.00 bits per heavy atom. The first-order valence-corrected chi connectivity index (χ1v) is 11.4. The lowest BCUT2D eigenvalue weighted by atomic mass is 10.0. The topological polar surface area (TPSA) is 73.9 Å². The van der Waals surface area contributed by atoms with E-state index >= 15 is 0 Å². The molecule has 162 valence electrons. The lowest BCUT2D eigenvalue weighted by Crippen LogP contribution is -2.21. The predicted molar refractivity (Wildman–Crippen MR) is 125 cm³/mol. The fraction of sp³-hybridized carbons (Fsp3) is 0.217. The number of benzene rings is 2. The number of carbonyl (C=O) groups excluding carboxylic acids is 2. The molecule has 0 aliphatic heterocycles. The van der Waals surface area contributed by atoms with Crippen molar-refractivity contribution in [1.82, 2.24) is 0 Å². The van der Waals surface area contributed by atoms with Crippen LogP contribution < -0.4 is 14.8 Å². The van der Waals surface area contributed by atoms with E-state index in [1.54, 1.807) is 13.0 Å². The highest BCUT2D eigenvalue weighted by Crippen LogP contribution is 2.37. The number of nitrogens with one attached hydrogen (secondary N) is 1. The third-order valence-electron chi connectivity index (χ3n) is 4.20. The Morgan fingerprint density at radius 3 is 2.42 bits per heavy atom. The van der Waals surface area contributed by atoms with E-state index in [0.717, 1.165) is 15.8 Å². The Labute approximate surface area is 193 Å². The quantitative estimate of drug-likeness (QED) is 0.375. The van der Waals surface area contributed by atoms with Gasteiger partial charge in [0.2, 0.25) is 0 Å². The molecule has 0 unspecified atom stereocenters. The van der Waals surface area contributed by atoms with Gasteiger partial charge in [-0.15, -0.1) is 11.3 Å². The zero-order valence-electron chi connectivity index (χ0n) is 17.1. The average Bonchev–Trinajstić information content (AvgIpc) is 3.17. The number of hydrogen-bond acceptors (Lipinski definition) is 6. The van der Waals surface area contributed by atoms with Gasteiger partial charge in [-0.3, -0.25) is 4.79 Å². The number of halogens is 1. The molecule has 0 fully saturated rings. The predicted octanol–water partition coefficient (Wildman–Crippen LogP) is 5.77. The normalized spacial score (nSPS) is 10.4. The summed E-state index contributed by atoms with van der Waals surface area (Å²) in [5.41, 5.74) is 1.84. The van der Waals surface area contributed by atoms with Crippen LogP contribution in [-0.4, -0.2) is 31.7 Å². The molecule has 2 aromatic carbocycles. The van der Waals surface area contributed by atoms with Gasteiger partial charge in [-0.05, 0) is 59.6 Å². The van der Waals surface area contributed by atoms with Crippen LogP contribution in [0.25, 0.3) is 11.1 Å². The Balaban J connectivity index is 1.80. The first kappa shape index (κ1) is 22.8. The second kappa shape index (κ2) is 11.0. The molecule has 0 atom stereocenters. The number of carbonyl (C=O) groups is 2. The third-order valence-corrected chi connectivity index (χ3v) is 5.75. The molecule has 0 aliphatic rings. The van der Waals surface area contributed by atoms with E-state index < -0.39 is 5.97 Å². The Hall–Kier alpha value is -2.84. The zero-order chi connectivity index (χ0) is 22.2. The molecule has 0 bridgehead atoms. The third kappa shape index (κ3) is 5.86. The maximum absolute atomic E-state index is 12.7. The minimum atomic E-state index is -0.491. The number of amides is 1. The van der Waals surface area contributed by atoms with Gasteiger partial charge in [-0.25, -0.2) is 4.79 Å². The number of rotatable bonds is 9. The van der Waals surface area contributed by atoms with Crippen molar-refractivity contribution < 1.29 is 23.8 Å². The van der Waals surface area contributed by atoms with Crippen molar-refractivity contribution in [1.29, 1.82) is 0 Å². The van der Waals surface area contributed by atoms with Crippen LogP contribution in [0.1, 0.15) is 24.2 Å². The number of ether oxygens (including phenoxy) is 3. The van der Waals surface area contributed by atoms with Crippen molar-refractivity contribution in [2.24, 2.45) is 0 Å². The molecule has 3 aromatic rings. The van der Waals surface area contributed by atoms with Crippen LogP contribution in [0, 0.1) is 0 Å². The second-order valence-electron chi connectivity index (χ2n) is 6.30. The number of para-hydroxylation sites is 1. The van der Waals surface area contributed by atoms with E-state index in [1.807, 2.05) is 54.8 Å². The standard InChI is InChI=1S/C23H22BrNO5S/c1-3-28-16-11-9-15(10-12-16)17-14-31-22(21(17)23(27)29-4-2)25-20(26)13-30-19-8-6-5-7-18(19)24/h5-12,14H,3-4,13H2,1-2H3,(H,25,26). The van der Waals surface area contributed by atoms with Crippen molar-refractivity contribution >= 4 is 44.1 Å². The molecule has 0 aliphatic carbocycles. The molecule has 6 nitrogen and oxygen atoms in total. The molecule has 31 heavy (non-hydrogen) atoms. The monoisotopic (exact) mass is 503 g/mol. The van der Waals surface area contributed by atoms with Crippen LogP contribution in [0.5, 0.6) is 11.5 Å². The summed E-state index contributed by atoms with van der Waals surface area (Å²) in [5.74, 6) is 0.442. The summed E-state index contributed by atoms with van der Waals surface area (Å²) < 4.78 is 17.0. The van der Waals surface area contributed by atoms with Gasteiger partial charge in [0.25, 0.3) is 5.91 Å². The van der Waals surface area contributed by atoms with Gasteiger partial charge in [0.1, 0.15) is 22.1 Å². The fourth-order valence-electron chi connectivity index (χ4n) is 2.83. The molecule has 1 amide bonds. The van der Waals surface area contributed by atoms with Gasteiger partial charge in [0, 0.05) is 10.9 Å². The van der Waals surface area contributed by atoms with Gasteiger partial charge < -0.3 is 19.5 Å². The van der Waals surface area contributed by atoms with Gasteiger partial charge in [-0.1, -0.05) is 24.3 Å². The molecule has 0 spiro atoms. The minimum absolute atomic E-state index is 0.193. The maximum atomic E-state index is 12.7. The zero-order valence-corrected chi connectivity index (χ0v) is 19.5. The largest absolute Gasteiger partial charge is 0.494 e. The van der Waals surface area contributed by atoms with Crippen molar-refractivity contribution in [2.75, 3.05) is 25.1 Å². The van der Waals surface area contributed by atoms with Gasteiger partial charge in [-0.2, -0.15) is 0 Å². The summed E-state index contributed by atoms with van der Waals surface area (Å²) in [7, 11) is 0. The summed E-state index contributed by atoms with van der Waals surface area (Å²) in [6, 6.07) is 14.7. The summed E-state index contributed by atoms with van der Waals surface area (Å²) in [6.45, 7) is 4.27. The molecular weight excluding hydrogens is 482 g/mol. The highest BCUT2D eigenvalue weighted by molar-refractivity contribution is 9.10. The lowest BCUT2D eigenvalue weighted by molar-refractivity contribution is -0.118. The van der Waals surface area contributed by atoms with Crippen LogP contribution in [0.2, 0.25) is 0 Å². The second-order valence-corrected chi connectivity index (χ2v) is 8.03. The number of hydrogen-bond donors (Lipinski definition) is 1. The van der Waals surface area contributed by atoms with E-state index in [1.165, 1.54) is 11.3 Å². The van der Waals surface area contributed by atoms with Crippen LogP contribution in [0.15, 0.2) is 58.4 Å². The van der Waals surface area contributed by atoms with Crippen LogP contribution in [0.3, 0.4) is 0 Å². The van der Waals surface area contributed by atoms with E-state index in [4.69, 9.17) is 14.2 Å². The molecule has 8 heteroatoms. The maximum Gasteiger partial charge on any atom is 0.341 e. The van der Waals surface area contributed by atoms with E-state index in [2.05, 4.69) is 21.2 Å². The van der Waals surface area contributed by atoms with Crippen molar-refractivity contribution in [3.8, 4) is 22.6 Å². The molecule has 3 rings (SSSR count). The van der Waals surface area contributed by atoms with Crippen LogP contribution in [-0.2, 0) is 9.53 Å². The van der Waals surface area contributed by atoms with E-state index in [-0.39, 0.29) is 19.1 Å². The van der Waals surface area contributed by atoms with Crippen LogP contribution >= 0.6 is 27.3 Å². The first-order valence-electron chi connectivity index (χ1n) is 9.72. The molecule has 1 heterocycles. The number of thiophene rings is 1. The number of esters is 1. The average molecular weight is 504 g/mol. The van der Waals surface area contributed by atoms with E-state index in [0.29, 0.717) is 28.5 Å². The summed E-state index contributed by atoms with van der Waals surface area (Å²) in [5, 5.41) is 5.02. The SMILES string of the molecule is CCOC(=O)c1c(-c2ccc(OCC)cc2)csc1NC(=O)COc1ccccc1Br. The Kier molecular flexibility index (Phi) is 8.08. The fourth-order valence-corrected chi connectivity index (χ4v) is 4.21. The molecule has 1 aromatic heterocycles. The van der Waals surface area contributed by atoms with Crippen molar-refractivity contribution in [3.63, 3.8) is 0 Å². The summed E-state index contributed by atoms with van der Waals surface area (Å²) >= 11 is 4.64. The Bertz CT molecular complexity index is 1050. The highest BCUT2D eigenvalue weighted by atomic mass is 79.9. The van der Waals surface area contributed by atoms with E-state index in [9.17, 15) is 9.59 Å². The Morgan fingerprint density at radius 2 is 1.74 bits per heavy atom. The highest BCUT2D eigenvalue weighted by Gasteiger charge is 2.23. The lowest BCUT2D eigenvalue weighted by Gasteiger charge is -2.10. The summed E-state index contributed by atoms with van der Waals surface area (Å²) in [4.78, 5) is 25.1. The summed E-state index contributed by atoms with van der Waals surface area (Å²) in [6.07, 6.45) is 0. The van der Waals surface area contributed by atoms with Crippen molar-refractivity contribution in [2.45, 2.75) is 13.8 Å². The van der Waals surface area contributed by atoms with Gasteiger partial charge >= 0.3 is 5.97 Å². The first-order chi connectivity index (χ1) is 15.0.